The fourth-order valence-electron chi connectivity index (χ4n) is 7.10. The number of methoxy groups -OCH3 is 1. The summed E-state index contributed by atoms with van der Waals surface area (Å²) in [6.45, 7) is 20.2. The molecule has 0 aliphatic carbocycles. The molecular formula is C45H59BN2O7Si. The van der Waals surface area contributed by atoms with Gasteiger partial charge in [0.25, 0.3) is 8.32 Å². The number of rotatable bonds is 13. The van der Waals surface area contributed by atoms with E-state index >= 15 is 0 Å². The van der Waals surface area contributed by atoms with Crippen molar-refractivity contribution in [3.63, 3.8) is 0 Å². The molecule has 1 aliphatic rings. The lowest BCUT2D eigenvalue weighted by Crippen LogP contribution is -2.67. The Labute approximate surface area is 335 Å². The van der Waals surface area contributed by atoms with Gasteiger partial charge in [-0.1, -0.05) is 124 Å². The first-order chi connectivity index (χ1) is 26.3. The Morgan fingerprint density at radius 2 is 1.27 bits per heavy atom. The van der Waals surface area contributed by atoms with E-state index < -0.39 is 50.4 Å². The molecule has 4 aromatic rings. The Morgan fingerprint density at radius 1 is 0.750 bits per heavy atom. The zero-order chi connectivity index (χ0) is 40.9. The number of amides is 2. The minimum Gasteiger partial charge on any atom is -0.497 e. The highest BCUT2D eigenvalue weighted by Gasteiger charge is 2.53. The minimum absolute atomic E-state index is 0.124. The number of benzene rings is 4. The van der Waals surface area contributed by atoms with Crippen LogP contribution >= 0.6 is 0 Å². The molecule has 0 saturated carbocycles. The van der Waals surface area contributed by atoms with Gasteiger partial charge in [0.05, 0.1) is 31.0 Å². The summed E-state index contributed by atoms with van der Waals surface area (Å²) in [5.74, 6) is 0.211. The molecule has 2 atom stereocenters. The third-order valence-corrected chi connectivity index (χ3v) is 15.7. The quantitative estimate of drug-likeness (QED) is 0.143. The van der Waals surface area contributed by atoms with Gasteiger partial charge in [0.1, 0.15) is 17.4 Å². The van der Waals surface area contributed by atoms with Crippen molar-refractivity contribution in [3.8, 4) is 5.75 Å². The van der Waals surface area contributed by atoms with Crippen molar-refractivity contribution in [3.05, 3.63) is 120 Å². The van der Waals surface area contributed by atoms with Crippen LogP contribution in [-0.4, -0.2) is 64.0 Å². The van der Waals surface area contributed by atoms with Gasteiger partial charge >= 0.3 is 13.2 Å². The number of carbonyl (C=O) groups is 2. The van der Waals surface area contributed by atoms with E-state index in [2.05, 4.69) is 55.7 Å². The number of ether oxygens (including phenoxy) is 2. The number of hydrogen-bond acceptors (Lipinski definition) is 7. The molecule has 2 N–H and O–H groups in total. The fraction of sp³-hybridized carbons (Fsp3) is 0.422. The highest BCUT2D eigenvalue weighted by molar-refractivity contribution is 6.99. The Kier molecular flexibility index (Phi) is 13.0. The maximum atomic E-state index is 14.6. The zero-order valence-corrected chi connectivity index (χ0v) is 35.9. The molecule has 298 valence electrons. The molecule has 1 saturated heterocycles. The largest absolute Gasteiger partial charge is 0.498 e. The topological polar surface area (TPSA) is 104 Å². The summed E-state index contributed by atoms with van der Waals surface area (Å²) in [6, 6.07) is 34.5. The molecule has 9 nitrogen and oxygen atoms in total. The molecule has 2 amide bonds. The number of nitrogens with one attached hydrogen (secondary N) is 2. The second-order valence-electron chi connectivity index (χ2n) is 17.5. The van der Waals surface area contributed by atoms with Crippen LogP contribution in [0.15, 0.2) is 109 Å². The Morgan fingerprint density at radius 3 is 1.75 bits per heavy atom. The van der Waals surface area contributed by atoms with Gasteiger partial charge in [0.15, 0.2) is 0 Å². The number of hydrogen-bond donors (Lipinski definition) is 2. The SMILES string of the molecule is COc1ccc([C@H](CO[Si](c2ccccc2)(c2ccccc2)C(C)(C)C)NC(=O)[C@@H](Cc2ccccc2)NC(=O)OC(C)(C)C)cc1B1OC(C)(C)C(C)(C)O1. The number of carbonyl (C=O) groups excluding carboxylic acids is 2. The number of alkyl carbamates (subject to hydrolysis) is 1. The molecule has 0 radical (unpaired) electrons. The van der Waals surface area contributed by atoms with E-state index in [1.54, 1.807) is 27.9 Å². The summed E-state index contributed by atoms with van der Waals surface area (Å²) in [4.78, 5) is 27.8. The highest BCUT2D eigenvalue weighted by atomic mass is 28.4. The summed E-state index contributed by atoms with van der Waals surface area (Å²) in [7, 11) is -2.15. The average molecular weight is 779 g/mol. The van der Waals surface area contributed by atoms with Gasteiger partial charge in [-0.15, -0.1) is 0 Å². The summed E-state index contributed by atoms with van der Waals surface area (Å²) >= 11 is 0. The first-order valence-corrected chi connectivity index (χ1v) is 21.3. The van der Waals surface area contributed by atoms with Crippen molar-refractivity contribution in [1.29, 1.82) is 0 Å². The molecule has 1 aliphatic heterocycles. The Bertz CT molecular complexity index is 1870. The van der Waals surface area contributed by atoms with E-state index in [9.17, 15) is 9.59 Å². The van der Waals surface area contributed by atoms with Gasteiger partial charge < -0.3 is 33.8 Å². The van der Waals surface area contributed by atoms with Crippen molar-refractivity contribution >= 4 is 43.3 Å². The van der Waals surface area contributed by atoms with Gasteiger partial charge in [-0.2, -0.15) is 0 Å². The monoisotopic (exact) mass is 778 g/mol. The van der Waals surface area contributed by atoms with Crippen LogP contribution < -0.4 is 31.2 Å². The van der Waals surface area contributed by atoms with Crippen molar-refractivity contribution in [1.82, 2.24) is 10.6 Å². The normalized spacial score (nSPS) is 16.4. The van der Waals surface area contributed by atoms with Crippen LogP contribution in [0.25, 0.3) is 0 Å². The molecule has 1 fully saturated rings. The van der Waals surface area contributed by atoms with E-state index in [-0.39, 0.29) is 24.0 Å². The maximum absolute atomic E-state index is 14.6. The molecule has 4 aromatic carbocycles. The zero-order valence-electron chi connectivity index (χ0n) is 34.9. The van der Waals surface area contributed by atoms with Crippen LogP contribution in [0.1, 0.15) is 86.4 Å². The fourth-order valence-corrected chi connectivity index (χ4v) is 11.7. The first kappa shape index (κ1) is 42.7. The van der Waals surface area contributed by atoms with E-state index in [4.69, 9.17) is 23.2 Å². The van der Waals surface area contributed by atoms with Crippen molar-refractivity contribution in [2.24, 2.45) is 0 Å². The standard InChI is InChI=1S/C45H59BN2O7Si/c1-42(2,3)53-41(50)48-37(29-32-21-15-12-16-22-32)40(49)47-38(33-27-28-39(51-11)36(30-33)46-54-44(7,8)45(9,10)55-46)31-52-56(43(4,5)6,34-23-17-13-18-24-34)35-25-19-14-20-26-35/h12-28,30,37-38H,29,31H2,1-11H3,(H,47,49)(H,48,50)/t37-,38+/m1/s1. The van der Waals surface area contributed by atoms with Crippen LogP contribution in [0.5, 0.6) is 5.75 Å². The molecule has 11 heteroatoms. The van der Waals surface area contributed by atoms with Crippen LogP contribution in [0.2, 0.25) is 5.04 Å². The lowest BCUT2D eigenvalue weighted by atomic mass is 9.77. The smallest absolute Gasteiger partial charge is 0.497 e. The highest BCUT2D eigenvalue weighted by Crippen LogP contribution is 2.39. The summed E-state index contributed by atoms with van der Waals surface area (Å²) < 4.78 is 31.9. The van der Waals surface area contributed by atoms with Gasteiger partial charge in [0.2, 0.25) is 5.91 Å². The molecule has 0 aromatic heterocycles. The summed E-state index contributed by atoms with van der Waals surface area (Å²) in [5, 5.41) is 8.07. The predicted octanol–water partition coefficient (Wildman–Crippen LogP) is 6.86. The van der Waals surface area contributed by atoms with Crippen molar-refractivity contribution < 1.29 is 32.8 Å². The Balaban J connectivity index is 1.60. The van der Waals surface area contributed by atoms with Crippen LogP contribution in [0, 0.1) is 0 Å². The van der Waals surface area contributed by atoms with Crippen LogP contribution in [-0.2, 0) is 29.7 Å². The Hall–Kier alpha value is -4.42. The average Bonchev–Trinajstić information content (AvgIpc) is 3.36. The molecule has 0 bridgehead atoms. The van der Waals surface area contributed by atoms with Crippen molar-refractivity contribution in [2.75, 3.05) is 13.7 Å². The molecular weight excluding hydrogens is 719 g/mol. The molecule has 5 rings (SSSR count). The summed E-state index contributed by atoms with van der Waals surface area (Å²) in [6.07, 6.45) is -0.433. The van der Waals surface area contributed by atoms with Crippen LogP contribution in [0.3, 0.4) is 0 Å². The predicted molar refractivity (Wildman–Crippen MR) is 226 cm³/mol. The van der Waals surface area contributed by atoms with Crippen molar-refractivity contribution in [2.45, 2.75) is 110 Å². The third kappa shape index (κ3) is 9.75. The second kappa shape index (κ2) is 17.0. The summed E-state index contributed by atoms with van der Waals surface area (Å²) in [5.41, 5.74) is 0.416. The minimum atomic E-state index is -3.05. The molecule has 56 heavy (non-hydrogen) atoms. The van der Waals surface area contributed by atoms with Gasteiger partial charge in [-0.05, 0) is 81.1 Å². The van der Waals surface area contributed by atoms with Crippen LogP contribution in [0.4, 0.5) is 4.79 Å². The molecule has 0 spiro atoms. The van der Waals surface area contributed by atoms with Gasteiger partial charge in [-0.25, -0.2) is 4.79 Å². The van der Waals surface area contributed by atoms with E-state index in [0.717, 1.165) is 21.5 Å². The van der Waals surface area contributed by atoms with E-state index in [1.165, 1.54) is 0 Å². The lowest BCUT2D eigenvalue weighted by Gasteiger charge is -2.44. The maximum Gasteiger partial charge on any atom is 0.498 e. The van der Waals surface area contributed by atoms with E-state index in [1.807, 2.05) is 113 Å². The van der Waals surface area contributed by atoms with Gasteiger partial charge in [0, 0.05) is 11.9 Å². The molecule has 1 heterocycles. The molecule has 0 unspecified atom stereocenters. The van der Waals surface area contributed by atoms with Gasteiger partial charge in [-0.3, -0.25) is 4.79 Å². The first-order valence-electron chi connectivity index (χ1n) is 19.4. The lowest BCUT2D eigenvalue weighted by molar-refractivity contribution is -0.124. The third-order valence-electron chi connectivity index (χ3n) is 10.7. The van der Waals surface area contributed by atoms with E-state index in [0.29, 0.717) is 11.2 Å². The second-order valence-corrected chi connectivity index (χ2v) is 21.8.